The highest BCUT2D eigenvalue weighted by atomic mass is 35.5. The zero-order valence-corrected chi connectivity index (χ0v) is 11.3. The predicted molar refractivity (Wildman–Crippen MR) is 73.6 cm³/mol. The molecule has 0 radical (unpaired) electrons. The van der Waals surface area contributed by atoms with Crippen LogP contribution in [0, 0.1) is 0 Å². The fourth-order valence-corrected chi connectivity index (χ4v) is 1.45. The number of nitrogens with zero attached hydrogens (tertiary/aromatic N) is 1. The molecule has 0 aromatic heterocycles. The number of halogens is 1. The van der Waals surface area contributed by atoms with E-state index in [4.69, 9.17) is 0 Å². The molecule has 0 aliphatic carbocycles. The summed E-state index contributed by atoms with van der Waals surface area (Å²) in [7, 11) is 5.64. The highest BCUT2D eigenvalue weighted by Gasteiger charge is 2.03. The van der Waals surface area contributed by atoms with Crippen LogP contribution in [0.1, 0.15) is 5.56 Å². The van der Waals surface area contributed by atoms with Crippen LogP contribution in [0.5, 0.6) is 0 Å². The number of rotatable bonds is 5. The summed E-state index contributed by atoms with van der Waals surface area (Å²) in [6.45, 7) is 1.20. The van der Waals surface area contributed by atoms with E-state index >= 15 is 0 Å². The minimum Gasteiger partial charge on any atom is -0.325 e. The maximum Gasteiger partial charge on any atom is 0.238 e. The van der Waals surface area contributed by atoms with Crippen molar-refractivity contribution in [3.63, 3.8) is 0 Å². The van der Waals surface area contributed by atoms with Gasteiger partial charge in [-0.3, -0.25) is 4.79 Å². The van der Waals surface area contributed by atoms with E-state index in [9.17, 15) is 4.79 Å². The van der Waals surface area contributed by atoms with Gasteiger partial charge in [0.25, 0.3) is 0 Å². The first kappa shape index (κ1) is 15.9. The molecule has 0 aliphatic rings. The van der Waals surface area contributed by atoms with Crippen molar-refractivity contribution in [2.75, 3.05) is 33.0 Å². The minimum atomic E-state index is 0. The maximum absolute atomic E-state index is 11.5. The van der Waals surface area contributed by atoms with E-state index < -0.39 is 0 Å². The lowest BCUT2D eigenvalue weighted by molar-refractivity contribution is -0.116. The summed E-state index contributed by atoms with van der Waals surface area (Å²) >= 11 is 0. The highest BCUT2D eigenvalue weighted by molar-refractivity contribution is 5.92. The van der Waals surface area contributed by atoms with Crippen LogP contribution < -0.4 is 10.6 Å². The second-order valence-corrected chi connectivity index (χ2v) is 4.02. The van der Waals surface area contributed by atoms with E-state index in [1.165, 1.54) is 0 Å². The molecule has 0 atom stereocenters. The average Bonchev–Trinajstić information content (AvgIpc) is 2.17. The molecule has 2 N–H and O–H groups in total. The number of carbonyl (C=O) groups excluding carboxylic acids is 1. The predicted octanol–water partition coefficient (Wildman–Crippen LogP) is 1.33. The van der Waals surface area contributed by atoms with Crippen LogP contribution in [-0.2, 0) is 11.3 Å². The second kappa shape index (κ2) is 8.06. The Hall–Kier alpha value is -1.10. The lowest BCUT2D eigenvalue weighted by atomic mass is 10.2. The minimum absolute atomic E-state index is 0. The number of carbonyl (C=O) groups is 1. The molecule has 1 aromatic rings. The van der Waals surface area contributed by atoms with E-state index in [1.54, 1.807) is 0 Å². The third-order valence-electron chi connectivity index (χ3n) is 2.05. The standard InChI is InChI=1S/C12H19N3O.ClH/c1-13-8-10-5-4-6-11(7-10)14-12(16)9-15(2)3;/h4-7,13H,8-9H2,1-3H3,(H,14,16);1H. The molecule has 0 heterocycles. The summed E-state index contributed by atoms with van der Waals surface area (Å²) in [5.41, 5.74) is 2.00. The Morgan fingerprint density at radius 1 is 1.35 bits per heavy atom. The largest absolute Gasteiger partial charge is 0.325 e. The Morgan fingerprint density at radius 3 is 2.65 bits per heavy atom. The smallest absolute Gasteiger partial charge is 0.238 e. The molecule has 0 fully saturated rings. The van der Waals surface area contributed by atoms with Crippen molar-refractivity contribution < 1.29 is 4.79 Å². The van der Waals surface area contributed by atoms with Crippen LogP contribution in [0.4, 0.5) is 5.69 Å². The van der Waals surface area contributed by atoms with Gasteiger partial charge < -0.3 is 15.5 Å². The van der Waals surface area contributed by atoms with Crippen LogP contribution in [0.3, 0.4) is 0 Å². The number of nitrogens with one attached hydrogen (secondary N) is 2. The third-order valence-corrected chi connectivity index (χ3v) is 2.05. The molecule has 96 valence electrons. The summed E-state index contributed by atoms with van der Waals surface area (Å²) in [6, 6.07) is 7.84. The number of likely N-dealkylation sites (N-methyl/N-ethyl adjacent to an activating group) is 1. The summed E-state index contributed by atoms with van der Waals surface area (Å²) in [5.74, 6) is 0.00612. The number of hydrogen-bond donors (Lipinski definition) is 2. The number of amides is 1. The van der Waals surface area contributed by atoms with E-state index in [0.29, 0.717) is 6.54 Å². The molecular weight excluding hydrogens is 238 g/mol. The van der Waals surface area contributed by atoms with Gasteiger partial charge in [0.1, 0.15) is 0 Å². The molecule has 0 aliphatic heterocycles. The van der Waals surface area contributed by atoms with Gasteiger partial charge in [-0.1, -0.05) is 12.1 Å². The Bertz CT molecular complexity index is 355. The normalized spacial score (nSPS) is 9.88. The van der Waals surface area contributed by atoms with E-state index in [1.807, 2.05) is 50.3 Å². The fourth-order valence-electron chi connectivity index (χ4n) is 1.45. The van der Waals surface area contributed by atoms with Crippen molar-refractivity contribution in [2.24, 2.45) is 0 Å². The molecule has 5 heteroatoms. The van der Waals surface area contributed by atoms with Crippen LogP contribution in [0.25, 0.3) is 0 Å². The molecule has 1 rings (SSSR count). The molecule has 0 saturated heterocycles. The van der Waals surface area contributed by atoms with Gasteiger partial charge in [-0.15, -0.1) is 12.4 Å². The van der Waals surface area contributed by atoms with Crippen molar-refractivity contribution in [3.05, 3.63) is 29.8 Å². The molecule has 0 unspecified atom stereocenters. The number of benzene rings is 1. The average molecular weight is 258 g/mol. The van der Waals surface area contributed by atoms with Gasteiger partial charge in [-0.05, 0) is 38.8 Å². The Morgan fingerprint density at radius 2 is 2.06 bits per heavy atom. The van der Waals surface area contributed by atoms with Gasteiger partial charge in [0.2, 0.25) is 5.91 Å². The van der Waals surface area contributed by atoms with Gasteiger partial charge in [-0.25, -0.2) is 0 Å². The molecule has 1 amide bonds. The lowest BCUT2D eigenvalue weighted by Crippen LogP contribution is -2.27. The first-order valence-electron chi connectivity index (χ1n) is 5.30. The van der Waals surface area contributed by atoms with Crippen LogP contribution in [0.2, 0.25) is 0 Å². The van der Waals surface area contributed by atoms with Gasteiger partial charge in [0, 0.05) is 12.2 Å². The SMILES string of the molecule is CNCc1cccc(NC(=O)CN(C)C)c1.Cl. The van der Waals surface area contributed by atoms with Gasteiger partial charge in [0.05, 0.1) is 6.54 Å². The van der Waals surface area contributed by atoms with Gasteiger partial charge in [-0.2, -0.15) is 0 Å². The van der Waals surface area contributed by atoms with Gasteiger partial charge in [0.15, 0.2) is 0 Å². The molecule has 0 saturated carbocycles. The first-order chi connectivity index (χ1) is 7.61. The van der Waals surface area contributed by atoms with Crippen molar-refractivity contribution in [2.45, 2.75) is 6.54 Å². The third kappa shape index (κ3) is 6.26. The van der Waals surface area contributed by atoms with Crippen molar-refractivity contribution >= 4 is 24.0 Å². The molecule has 0 bridgehead atoms. The summed E-state index contributed by atoms with van der Waals surface area (Å²) in [5, 5.41) is 5.94. The monoisotopic (exact) mass is 257 g/mol. The summed E-state index contributed by atoms with van der Waals surface area (Å²) in [6.07, 6.45) is 0. The van der Waals surface area contributed by atoms with E-state index in [-0.39, 0.29) is 18.3 Å². The zero-order valence-electron chi connectivity index (χ0n) is 10.5. The highest BCUT2D eigenvalue weighted by Crippen LogP contribution is 2.10. The Labute approximate surface area is 109 Å². The van der Waals surface area contributed by atoms with E-state index in [2.05, 4.69) is 10.6 Å². The molecule has 0 spiro atoms. The van der Waals surface area contributed by atoms with Crippen molar-refractivity contribution in [1.29, 1.82) is 0 Å². The fraction of sp³-hybridized carbons (Fsp3) is 0.417. The molecular formula is C12H20ClN3O. The number of anilines is 1. The first-order valence-corrected chi connectivity index (χ1v) is 5.30. The molecule has 17 heavy (non-hydrogen) atoms. The molecule has 4 nitrogen and oxygen atoms in total. The Kier molecular flexibility index (Phi) is 7.54. The topological polar surface area (TPSA) is 44.4 Å². The number of hydrogen-bond acceptors (Lipinski definition) is 3. The van der Waals surface area contributed by atoms with Crippen LogP contribution >= 0.6 is 12.4 Å². The summed E-state index contributed by atoms with van der Waals surface area (Å²) in [4.78, 5) is 13.4. The Balaban J connectivity index is 0.00000256. The van der Waals surface area contributed by atoms with Crippen LogP contribution in [-0.4, -0.2) is 38.5 Å². The molecule has 1 aromatic carbocycles. The van der Waals surface area contributed by atoms with Gasteiger partial charge >= 0.3 is 0 Å². The van der Waals surface area contributed by atoms with E-state index in [0.717, 1.165) is 17.8 Å². The van der Waals surface area contributed by atoms with Crippen molar-refractivity contribution in [3.8, 4) is 0 Å². The second-order valence-electron chi connectivity index (χ2n) is 4.02. The van der Waals surface area contributed by atoms with Crippen molar-refractivity contribution in [1.82, 2.24) is 10.2 Å². The zero-order chi connectivity index (χ0) is 12.0. The summed E-state index contributed by atoms with van der Waals surface area (Å²) < 4.78 is 0. The quantitative estimate of drug-likeness (QED) is 0.837. The maximum atomic E-state index is 11.5. The lowest BCUT2D eigenvalue weighted by Gasteiger charge is -2.10. The van der Waals surface area contributed by atoms with Crippen LogP contribution in [0.15, 0.2) is 24.3 Å².